The SMILES string of the molecule is Cc1cc(-c2ccc(C(F)(F)F)cc2)ccc1COc1ccc(C(C)C)cc1-c1csc(N2CCC(C(=O)O)CC2)n1. The van der Waals surface area contributed by atoms with E-state index in [-0.39, 0.29) is 5.92 Å². The molecule has 3 aromatic carbocycles. The first-order valence-corrected chi connectivity index (χ1v) is 14.8. The van der Waals surface area contributed by atoms with Gasteiger partial charge in [0.2, 0.25) is 0 Å². The molecule has 0 saturated carbocycles. The zero-order chi connectivity index (χ0) is 30.0. The Kier molecular flexibility index (Phi) is 8.59. The fraction of sp³-hybridized carbons (Fsp3) is 0.333. The van der Waals surface area contributed by atoms with E-state index in [9.17, 15) is 23.1 Å². The molecule has 1 aliphatic rings. The molecule has 0 aliphatic carbocycles. The fourth-order valence-corrected chi connectivity index (χ4v) is 6.01. The second kappa shape index (κ2) is 12.2. The van der Waals surface area contributed by atoms with Crippen molar-refractivity contribution in [2.75, 3.05) is 18.0 Å². The normalized spacial score (nSPS) is 14.4. The molecule has 0 radical (unpaired) electrons. The van der Waals surface area contributed by atoms with Crippen LogP contribution in [0.3, 0.4) is 0 Å². The van der Waals surface area contributed by atoms with Crippen molar-refractivity contribution >= 4 is 22.4 Å². The molecule has 0 unspecified atom stereocenters. The maximum Gasteiger partial charge on any atom is 0.416 e. The number of piperidine rings is 1. The fourth-order valence-electron chi connectivity index (χ4n) is 5.13. The summed E-state index contributed by atoms with van der Waals surface area (Å²) >= 11 is 1.55. The minimum atomic E-state index is -4.36. The van der Waals surface area contributed by atoms with Crippen molar-refractivity contribution in [1.29, 1.82) is 0 Å². The van der Waals surface area contributed by atoms with Crippen LogP contribution in [-0.4, -0.2) is 29.1 Å². The number of aromatic nitrogens is 1. The van der Waals surface area contributed by atoms with Crippen molar-refractivity contribution in [3.8, 4) is 28.1 Å². The highest BCUT2D eigenvalue weighted by molar-refractivity contribution is 7.14. The van der Waals surface area contributed by atoms with Crippen molar-refractivity contribution in [2.24, 2.45) is 5.92 Å². The third kappa shape index (κ3) is 6.62. The number of nitrogens with zero attached hydrogens (tertiary/aromatic N) is 2. The molecule has 4 aromatic rings. The first-order chi connectivity index (χ1) is 20.0. The second-order valence-electron chi connectivity index (χ2n) is 11.0. The molecule has 1 saturated heterocycles. The summed E-state index contributed by atoms with van der Waals surface area (Å²) in [5.74, 6) is 0.0140. The summed E-state index contributed by atoms with van der Waals surface area (Å²) in [6, 6.07) is 17.2. The molecule has 1 aliphatic heterocycles. The number of halogens is 3. The van der Waals surface area contributed by atoms with Crippen molar-refractivity contribution in [3.05, 3.63) is 88.3 Å². The number of rotatable bonds is 8. The first kappa shape index (κ1) is 29.6. The van der Waals surface area contributed by atoms with E-state index in [1.165, 1.54) is 17.7 Å². The zero-order valence-corrected chi connectivity index (χ0v) is 24.6. The topological polar surface area (TPSA) is 62.7 Å². The van der Waals surface area contributed by atoms with Gasteiger partial charge in [0.25, 0.3) is 0 Å². The van der Waals surface area contributed by atoms with Gasteiger partial charge in [-0.2, -0.15) is 13.2 Å². The molecule has 42 heavy (non-hydrogen) atoms. The molecule has 2 heterocycles. The van der Waals surface area contributed by atoms with Crippen molar-refractivity contribution < 1.29 is 27.8 Å². The van der Waals surface area contributed by atoms with Gasteiger partial charge in [-0.1, -0.05) is 50.2 Å². The third-order valence-electron chi connectivity index (χ3n) is 7.82. The lowest BCUT2D eigenvalue weighted by atomic mass is 9.97. The Bertz CT molecular complexity index is 1560. The molecule has 220 valence electrons. The average molecular weight is 595 g/mol. The molecule has 9 heteroatoms. The molecule has 0 bridgehead atoms. The summed E-state index contributed by atoms with van der Waals surface area (Å²) in [6.45, 7) is 7.91. The molecular weight excluding hydrogens is 561 g/mol. The summed E-state index contributed by atoms with van der Waals surface area (Å²) in [7, 11) is 0. The number of hydrogen-bond acceptors (Lipinski definition) is 5. The number of alkyl halides is 3. The van der Waals surface area contributed by atoms with Gasteiger partial charge in [-0.3, -0.25) is 4.79 Å². The minimum absolute atomic E-state index is 0.295. The van der Waals surface area contributed by atoms with Crippen LogP contribution in [0.1, 0.15) is 54.9 Å². The van der Waals surface area contributed by atoms with Crippen LogP contribution in [0.25, 0.3) is 22.4 Å². The molecule has 1 aromatic heterocycles. The van der Waals surface area contributed by atoms with E-state index in [4.69, 9.17) is 9.72 Å². The van der Waals surface area contributed by atoms with Gasteiger partial charge in [-0.25, -0.2) is 4.98 Å². The van der Waals surface area contributed by atoms with E-state index < -0.39 is 17.7 Å². The van der Waals surface area contributed by atoms with Crippen molar-refractivity contribution in [2.45, 2.75) is 52.3 Å². The van der Waals surface area contributed by atoms with Crippen LogP contribution in [0.5, 0.6) is 5.75 Å². The lowest BCUT2D eigenvalue weighted by molar-refractivity contribution is -0.142. The number of carboxylic acid groups (broad SMARTS) is 1. The van der Waals surface area contributed by atoms with Gasteiger partial charge in [-0.05, 0) is 77.8 Å². The summed E-state index contributed by atoms with van der Waals surface area (Å²) in [5, 5.41) is 12.2. The van der Waals surface area contributed by atoms with E-state index >= 15 is 0 Å². The van der Waals surface area contributed by atoms with Crippen LogP contribution in [0.4, 0.5) is 18.3 Å². The largest absolute Gasteiger partial charge is 0.488 e. The van der Waals surface area contributed by atoms with Gasteiger partial charge < -0.3 is 14.7 Å². The van der Waals surface area contributed by atoms with Gasteiger partial charge in [0.15, 0.2) is 5.13 Å². The monoisotopic (exact) mass is 594 g/mol. The smallest absolute Gasteiger partial charge is 0.416 e. The number of benzene rings is 3. The number of thiazole rings is 1. The van der Waals surface area contributed by atoms with Gasteiger partial charge >= 0.3 is 12.1 Å². The van der Waals surface area contributed by atoms with Gasteiger partial charge in [0, 0.05) is 24.0 Å². The lowest BCUT2D eigenvalue weighted by Gasteiger charge is -2.29. The van der Waals surface area contributed by atoms with Gasteiger partial charge in [-0.15, -0.1) is 11.3 Å². The van der Waals surface area contributed by atoms with Gasteiger partial charge in [0.05, 0.1) is 17.2 Å². The minimum Gasteiger partial charge on any atom is -0.488 e. The Labute approximate surface area is 247 Å². The predicted octanol–water partition coefficient (Wildman–Crippen LogP) is 8.81. The van der Waals surface area contributed by atoms with E-state index in [1.54, 1.807) is 11.3 Å². The van der Waals surface area contributed by atoms with E-state index in [2.05, 4.69) is 30.9 Å². The number of hydrogen-bond donors (Lipinski definition) is 1. The van der Waals surface area contributed by atoms with Crippen LogP contribution < -0.4 is 9.64 Å². The standard InChI is InChI=1S/C33H33F3N2O3S/c1-20(2)24-8-11-30(28(17-24)29-19-42-32(37-29)38-14-12-23(13-15-38)31(39)40)41-18-26-5-4-25(16-21(26)3)22-6-9-27(10-7-22)33(34,35)36/h4-11,16-17,19-20,23H,12-15,18H2,1-3H3,(H,39,40). The quantitative estimate of drug-likeness (QED) is 0.221. The number of aliphatic carboxylic acids is 1. The second-order valence-corrected chi connectivity index (χ2v) is 11.9. The molecule has 5 rings (SSSR count). The summed E-state index contributed by atoms with van der Waals surface area (Å²) in [5.41, 5.74) is 5.75. The van der Waals surface area contributed by atoms with Crippen LogP contribution in [0, 0.1) is 12.8 Å². The number of ether oxygens (including phenoxy) is 1. The van der Waals surface area contributed by atoms with Gasteiger partial charge in [0.1, 0.15) is 12.4 Å². The summed E-state index contributed by atoms with van der Waals surface area (Å²) in [4.78, 5) is 18.4. The highest BCUT2D eigenvalue weighted by Crippen LogP contribution is 2.37. The highest BCUT2D eigenvalue weighted by Gasteiger charge is 2.30. The number of carbonyl (C=O) groups is 1. The number of carboxylic acids is 1. The van der Waals surface area contributed by atoms with Crippen LogP contribution in [0.2, 0.25) is 0 Å². The van der Waals surface area contributed by atoms with Crippen molar-refractivity contribution in [3.63, 3.8) is 0 Å². The highest BCUT2D eigenvalue weighted by atomic mass is 32.1. The molecule has 0 atom stereocenters. The zero-order valence-electron chi connectivity index (χ0n) is 23.7. The van der Waals surface area contributed by atoms with Crippen molar-refractivity contribution in [1.82, 2.24) is 4.98 Å². The first-order valence-electron chi connectivity index (χ1n) is 14.0. The van der Waals surface area contributed by atoms with Crippen LogP contribution >= 0.6 is 11.3 Å². The Morgan fingerprint density at radius 2 is 1.74 bits per heavy atom. The average Bonchev–Trinajstić information content (AvgIpc) is 3.46. The maximum absolute atomic E-state index is 12.9. The Balaban J connectivity index is 1.33. The van der Waals surface area contributed by atoms with E-state index in [0.29, 0.717) is 44.2 Å². The Hall–Kier alpha value is -3.85. The predicted molar refractivity (Wildman–Crippen MR) is 160 cm³/mol. The summed E-state index contributed by atoms with van der Waals surface area (Å²) in [6.07, 6.45) is -3.14. The molecule has 1 fully saturated rings. The Morgan fingerprint density at radius 3 is 2.36 bits per heavy atom. The molecular formula is C33H33F3N2O3S. The molecule has 0 amide bonds. The summed E-state index contributed by atoms with van der Waals surface area (Å²) < 4.78 is 45.2. The molecule has 5 nitrogen and oxygen atoms in total. The number of aryl methyl sites for hydroxylation is 1. The lowest BCUT2D eigenvalue weighted by Crippen LogP contribution is -2.36. The Morgan fingerprint density at radius 1 is 1.05 bits per heavy atom. The van der Waals surface area contributed by atoms with Crippen LogP contribution in [-0.2, 0) is 17.6 Å². The third-order valence-corrected chi connectivity index (χ3v) is 8.73. The van der Waals surface area contributed by atoms with E-state index in [0.717, 1.165) is 50.8 Å². The number of anilines is 1. The van der Waals surface area contributed by atoms with E-state index in [1.807, 2.05) is 36.6 Å². The molecule has 0 spiro atoms. The van der Waals surface area contributed by atoms with Crippen LogP contribution in [0.15, 0.2) is 66.0 Å². The maximum atomic E-state index is 12.9. The molecule has 1 N–H and O–H groups in total.